The van der Waals surface area contributed by atoms with E-state index in [4.69, 9.17) is 15.2 Å². The summed E-state index contributed by atoms with van der Waals surface area (Å²) in [5.74, 6) is 2.60. The molecule has 0 aromatic heterocycles. The monoisotopic (exact) mass is 304 g/mol. The molecule has 1 aromatic rings. The largest absolute Gasteiger partial charge is 0.490 e. The number of nitrogens with two attached hydrogens (primary N) is 1. The van der Waals surface area contributed by atoms with Crippen LogP contribution in [0.4, 0.5) is 5.69 Å². The lowest BCUT2D eigenvalue weighted by Gasteiger charge is -2.11. The number of hydrogen-bond acceptors (Lipinski definition) is 4. The van der Waals surface area contributed by atoms with Crippen molar-refractivity contribution in [3.05, 3.63) is 18.2 Å². The summed E-state index contributed by atoms with van der Waals surface area (Å²) in [6, 6.07) is 5.74. The summed E-state index contributed by atoms with van der Waals surface area (Å²) in [5.41, 5.74) is 6.85. The number of aliphatic imine (C=N–C) groups is 1. The summed E-state index contributed by atoms with van der Waals surface area (Å²) >= 11 is 0. The number of nitrogens with zero attached hydrogens (tertiary/aromatic N) is 2. The van der Waals surface area contributed by atoms with Crippen LogP contribution in [-0.4, -0.2) is 50.8 Å². The van der Waals surface area contributed by atoms with Gasteiger partial charge in [0.1, 0.15) is 0 Å². The van der Waals surface area contributed by atoms with Crippen LogP contribution in [-0.2, 0) is 0 Å². The van der Waals surface area contributed by atoms with Crippen LogP contribution in [0.25, 0.3) is 0 Å². The maximum absolute atomic E-state index is 5.98. The van der Waals surface area contributed by atoms with Gasteiger partial charge in [-0.05, 0) is 38.1 Å². The summed E-state index contributed by atoms with van der Waals surface area (Å²) in [6.07, 6.45) is 2.09. The van der Waals surface area contributed by atoms with Gasteiger partial charge in [0, 0.05) is 31.3 Å². The first-order valence-electron chi connectivity index (χ1n) is 7.86. The average Bonchev–Trinajstić information content (AvgIpc) is 2.78. The van der Waals surface area contributed by atoms with E-state index in [1.165, 1.54) is 6.42 Å². The molecule has 0 spiro atoms. The lowest BCUT2D eigenvalue weighted by molar-refractivity contribution is 0.297. The van der Waals surface area contributed by atoms with E-state index in [9.17, 15) is 0 Å². The van der Waals surface area contributed by atoms with Crippen molar-refractivity contribution in [2.24, 2.45) is 16.6 Å². The number of hydrogen-bond donors (Lipinski definition) is 2. The van der Waals surface area contributed by atoms with Gasteiger partial charge >= 0.3 is 0 Å². The van der Waals surface area contributed by atoms with E-state index in [1.807, 2.05) is 18.2 Å². The number of guanidine groups is 1. The zero-order valence-electron chi connectivity index (χ0n) is 13.0. The molecule has 0 bridgehead atoms. The molecule has 1 saturated heterocycles. The minimum absolute atomic E-state index is 0.448. The van der Waals surface area contributed by atoms with E-state index in [2.05, 4.69) is 22.3 Å². The van der Waals surface area contributed by atoms with E-state index in [0.29, 0.717) is 25.1 Å². The summed E-state index contributed by atoms with van der Waals surface area (Å²) in [5, 5.41) is 3.13. The van der Waals surface area contributed by atoms with Gasteiger partial charge in [0.25, 0.3) is 0 Å². The highest BCUT2D eigenvalue weighted by atomic mass is 16.5. The Hall–Kier alpha value is -1.95. The number of nitrogens with one attached hydrogen (secondary N) is 1. The quantitative estimate of drug-likeness (QED) is 0.654. The molecule has 6 nitrogen and oxygen atoms in total. The van der Waals surface area contributed by atoms with Crippen molar-refractivity contribution in [1.29, 1.82) is 0 Å². The molecule has 3 rings (SSSR count). The predicted octanol–water partition coefficient (Wildman–Crippen LogP) is 1.53. The first-order valence-corrected chi connectivity index (χ1v) is 7.86. The molecule has 1 unspecified atom stereocenters. The van der Waals surface area contributed by atoms with Crippen molar-refractivity contribution in [3.8, 4) is 11.5 Å². The van der Waals surface area contributed by atoms with E-state index < -0.39 is 0 Å². The molecule has 2 heterocycles. The molecule has 3 N–H and O–H groups in total. The highest BCUT2D eigenvalue weighted by molar-refractivity contribution is 5.92. The molecule has 2 aliphatic heterocycles. The van der Waals surface area contributed by atoms with Gasteiger partial charge in [-0.1, -0.05) is 0 Å². The van der Waals surface area contributed by atoms with Crippen LogP contribution in [0.2, 0.25) is 0 Å². The first kappa shape index (κ1) is 15.0. The van der Waals surface area contributed by atoms with Crippen molar-refractivity contribution in [2.45, 2.75) is 12.8 Å². The first-order chi connectivity index (χ1) is 10.7. The Bertz CT molecular complexity index is 547. The molecule has 2 aliphatic rings. The molecule has 1 atom stereocenters. The van der Waals surface area contributed by atoms with Crippen LogP contribution in [0, 0.1) is 5.92 Å². The summed E-state index contributed by atoms with van der Waals surface area (Å²) in [6.45, 7) is 4.39. The minimum Gasteiger partial charge on any atom is -0.490 e. The molecular formula is C16H24N4O2. The highest BCUT2D eigenvalue weighted by Crippen LogP contribution is 2.32. The molecule has 6 heteroatoms. The second kappa shape index (κ2) is 6.87. The Kier molecular flexibility index (Phi) is 4.68. The second-order valence-electron chi connectivity index (χ2n) is 5.98. The van der Waals surface area contributed by atoms with Gasteiger partial charge in [0.15, 0.2) is 17.5 Å². The Balaban J connectivity index is 1.59. The molecule has 0 saturated carbocycles. The molecule has 1 aromatic carbocycles. The normalized spacial score (nSPS) is 22.4. The Morgan fingerprint density at radius 2 is 2.18 bits per heavy atom. The standard InChI is InChI=1S/C16H24N4O2/c1-20-6-5-12(11-20)10-18-16(17)19-13-3-4-14-15(9-13)22-8-2-7-21-14/h3-4,9,12H,2,5-8,10-11H2,1H3,(H3,17,18,19). The Labute approximate surface area is 131 Å². The van der Waals surface area contributed by atoms with Crippen molar-refractivity contribution < 1.29 is 9.47 Å². The van der Waals surface area contributed by atoms with Crippen LogP contribution in [0.15, 0.2) is 23.2 Å². The summed E-state index contributed by atoms with van der Waals surface area (Å²) < 4.78 is 11.3. The topological polar surface area (TPSA) is 72.1 Å². The van der Waals surface area contributed by atoms with E-state index in [-0.39, 0.29) is 0 Å². The van der Waals surface area contributed by atoms with Crippen molar-refractivity contribution in [3.63, 3.8) is 0 Å². The molecular weight excluding hydrogens is 280 g/mol. The van der Waals surface area contributed by atoms with Crippen molar-refractivity contribution >= 4 is 11.6 Å². The van der Waals surface area contributed by atoms with Crippen molar-refractivity contribution in [1.82, 2.24) is 4.90 Å². The molecule has 0 radical (unpaired) electrons. The molecule has 22 heavy (non-hydrogen) atoms. The van der Waals surface area contributed by atoms with Crippen LogP contribution in [0.3, 0.4) is 0 Å². The average molecular weight is 304 g/mol. The lowest BCUT2D eigenvalue weighted by Crippen LogP contribution is -2.24. The zero-order chi connectivity index (χ0) is 15.4. The van der Waals surface area contributed by atoms with E-state index in [0.717, 1.165) is 43.2 Å². The van der Waals surface area contributed by atoms with Gasteiger partial charge in [-0.25, -0.2) is 0 Å². The number of rotatable bonds is 3. The maximum atomic E-state index is 5.98. The van der Waals surface area contributed by atoms with Gasteiger partial charge in [-0.2, -0.15) is 0 Å². The number of benzene rings is 1. The number of likely N-dealkylation sites (tertiary alicyclic amines) is 1. The van der Waals surface area contributed by atoms with Gasteiger partial charge in [-0.3, -0.25) is 4.99 Å². The van der Waals surface area contributed by atoms with Gasteiger partial charge in [0.05, 0.1) is 13.2 Å². The third-order valence-corrected chi connectivity index (χ3v) is 4.03. The van der Waals surface area contributed by atoms with Crippen LogP contribution >= 0.6 is 0 Å². The number of anilines is 1. The Morgan fingerprint density at radius 3 is 2.95 bits per heavy atom. The zero-order valence-corrected chi connectivity index (χ0v) is 13.0. The fourth-order valence-corrected chi connectivity index (χ4v) is 2.83. The Morgan fingerprint density at radius 1 is 1.36 bits per heavy atom. The van der Waals surface area contributed by atoms with Crippen LogP contribution in [0.5, 0.6) is 11.5 Å². The summed E-state index contributed by atoms with van der Waals surface area (Å²) in [4.78, 5) is 6.78. The highest BCUT2D eigenvalue weighted by Gasteiger charge is 2.18. The van der Waals surface area contributed by atoms with Crippen LogP contribution in [0.1, 0.15) is 12.8 Å². The molecule has 0 aliphatic carbocycles. The predicted molar refractivity (Wildman–Crippen MR) is 87.8 cm³/mol. The number of fused-ring (bicyclic) bond motifs is 1. The van der Waals surface area contributed by atoms with E-state index >= 15 is 0 Å². The smallest absolute Gasteiger partial charge is 0.193 e. The van der Waals surface area contributed by atoms with Crippen LogP contribution < -0.4 is 20.5 Å². The lowest BCUT2D eigenvalue weighted by atomic mass is 10.1. The summed E-state index contributed by atoms with van der Waals surface area (Å²) in [7, 11) is 2.14. The maximum Gasteiger partial charge on any atom is 0.193 e. The molecule has 120 valence electrons. The number of ether oxygens (including phenoxy) is 2. The molecule has 1 fully saturated rings. The third-order valence-electron chi connectivity index (χ3n) is 4.03. The van der Waals surface area contributed by atoms with Gasteiger partial charge in [0.2, 0.25) is 0 Å². The molecule has 0 amide bonds. The fraction of sp³-hybridized carbons (Fsp3) is 0.562. The van der Waals surface area contributed by atoms with Gasteiger partial charge in [-0.15, -0.1) is 0 Å². The third kappa shape index (κ3) is 3.82. The SMILES string of the molecule is CN1CCC(CN=C(N)Nc2ccc3c(c2)OCCCO3)C1. The van der Waals surface area contributed by atoms with Gasteiger partial charge < -0.3 is 25.4 Å². The van der Waals surface area contributed by atoms with E-state index in [1.54, 1.807) is 0 Å². The van der Waals surface area contributed by atoms with Crippen molar-refractivity contribution in [2.75, 3.05) is 45.2 Å². The fourth-order valence-electron chi connectivity index (χ4n) is 2.83. The minimum atomic E-state index is 0.448. The second-order valence-corrected chi connectivity index (χ2v) is 5.98.